The van der Waals surface area contributed by atoms with Crippen molar-refractivity contribution >= 4 is 17.6 Å². The van der Waals surface area contributed by atoms with Gasteiger partial charge in [-0.15, -0.1) is 11.8 Å². The van der Waals surface area contributed by atoms with Crippen molar-refractivity contribution in [3.8, 4) is 0 Å². The van der Waals surface area contributed by atoms with Crippen molar-refractivity contribution in [3.63, 3.8) is 0 Å². The molecule has 0 radical (unpaired) electrons. The van der Waals surface area contributed by atoms with Crippen LogP contribution in [0.15, 0.2) is 11.1 Å². The quantitative estimate of drug-likeness (QED) is 0.592. The maximum absolute atomic E-state index is 4.47. The average Bonchev–Trinajstić information content (AvgIpc) is 3.00. The molecule has 0 bridgehead atoms. The molecule has 0 amide bonds. The van der Waals surface area contributed by atoms with E-state index in [4.69, 9.17) is 0 Å². The first-order chi connectivity index (χ1) is 6.33. The fourth-order valence-corrected chi connectivity index (χ4v) is 1.61. The molecule has 70 valence electrons. The fourth-order valence-electron chi connectivity index (χ4n) is 1.20. The molecular formula is C9H13N3S. The van der Waals surface area contributed by atoms with Gasteiger partial charge in [-0.3, -0.25) is 0 Å². The third-order valence-electron chi connectivity index (χ3n) is 2.13. The molecule has 0 spiro atoms. The van der Waals surface area contributed by atoms with E-state index in [9.17, 15) is 0 Å². The normalized spacial score (nSPS) is 15.8. The number of hydrogen-bond acceptors (Lipinski definition) is 4. The van der Waals surface area contributed by atoms with Crippen molar-refractivity contribution < 1.29 is 0 Å². The molecule has 1 heterocycles. The SMILES string of the molecule is CNc1cc(SC)nc(C2CC2)n1. The molecule has 0 aliphatic heterocycles. The minimum Gasteiger partial charge on any atom is -0.373 e. The van der Waals surface area contributed by atoms with E-state index in [1.807, 2.05) is 19.4 Å². The number of aromatic nitrogens is 2. The highest BCUT2D eigenvalue weighted by molar-refractivity contribution is 7.98. The van der Waals surface area contributed by atoms with Gasteiger partial charge in [0.15, 0.2) is 0 Å². The topological polar surface area (TPSA) is 37.8 Å². The number of rotatable bonds is 3. The van der Waals surface area contributed by atoms with E-state index in [0.717, 1.165) is 16.7 Å². The Morgan fingerprint density at radius 1 is 1.46 bits per heavy atom. The van der Waals surface area contributed by atoms with Gasteiger partial charge in [0, 0.05) is 19.0 Å². The number of thioether (sulfide) groups is 1. The van der Waals surface area contributed by atoms with Crippen molar-refractivity contribution in [1.82, 2.24) is 9.97 Å². The monoisotopic (exact) mass is 195 g/mol. The number of nitrogens with zero attached hydrogens (tertiary/aromatic N) is 2. The second-order valence-electron chi connectivity index (χ2n) is 3.18. The van der Waals surface area contributed by atoms with Crippen LogP contribution in [0.25, 0.3) is 0 Å². The summed E-state index contributed by atoms with van der Waals surface area (Å²) in [6.07, 6.45) is 4.54. The van der Waals surface area contributed by atoms with Gasteiger partial charge >= 0.3 is 0 Å². The van der Waals surface area contributed by atoms with Crippen LogP contribution in [0.3, 0.4) is 0 Å². The first-order valence-corrected chi connectivity index (χ1v) is 5.66. The van der Waals surface area contributed by atoms with Crippen molar-refractivity contribution in [2.45, 2.75) is 23.8 Å². The van der Waals surface area contributed by atoms with Crippen LogP contribution in [-0.4, -0.2) is 23.3 Å². The minimum atomic E-state index is 0.624. The Bertz CT molecular complexity index is 287. The van der Waals surface area contributed by atoms with E-state index >= 15 is 0 Å². The van der Waals surface area contributed by atoms with Crippen molar-refractivity contribution in [1.29, 1.82) is 0 Å². The Hall–Kier alpha value is -0.770. The first-order valence-electron chi connectivity index (χ1n) is 4.44. The molecule has 1 fully saturated rings. The van der Waals surface area contributed by atoms with E-state index < -0.39 is 0 Å². The summed E-state index contributed by atoms with van der Waals surface area (Å²) in [4.78, 5) is 8.90. The molecule has 1 aromatic heterocycles. The summed E-state index contributed by atoms with van der Waals surface area (Å²) in [5, 5.41) is 4.12. The zero-order chi connectivity index (χ0) is 9.26. The zero-order valence-corrected chi connectivity index (χ0v) is 8.69. The van der Waals surface area contributed by atoms with E-state index in [-0.39, 0.29) is 0 Å². The third-order valence-corrected chi connectivity index (χ3v) is 2.76. The van der Waals surface area contributed by atoms with Gasteiger partial charge in [0.05, 0.1) is 0 Å². The van der Waals surface area contributed by atoms with Crippen LogP contribution < -0.4 is 5.32 Å². The summed E-state index contributed by atoms with van der Waals surface area (Å²) in [5.74, 6) is 2.57. The van der Waals surface area contributed by atoms with Crippen molar-refractivity contribution in [2.24, 2.45) is 0 Å². The number of nitrogens with one attached hydrogen (secondary N) is 1. The highest BCUT2D eigenvalue weighted by atomic mass is 32.2. The molecule has 3 nitrogen and oxygen atoms in total. The van der Waals surface area contributed by atoms with Gasteiger partial charge in [-0.25, -0.2) is 9.97 Å². The number of anilines is 1. The van der Waals surface area contributed by atoms with Gasteiger partial charge < -0.3 is 5.32 Å². The van der Waals surface area contributed by atoms with Gasteiger partial charge in [0.25, 0.3) is 0 Å². The lowest BCUT2D eigenvalue weighted by Crippen LogP contribution is -1.99. The summed E-state index contributed by atoms with van der Waals surface area (Å²) in [5.41, 5.74) is 0. The second-order valence-corrected chi connectivity index (χ2v) is 4.00. The van der Waals surface area contributed by atoms with Crippen LogP contribution in [0.4, 0.5) is 5.82 Å². The molecule has 0 saturated heterocycles. The molecule has 1 saturated carbocycles. The highest BCUT2D eigenvalue weighted by Gasteiger charge is 2.27. The first kappa shape index (κ1) is 8.81. The lowest BCUT2D eigenvalue weighted by atomic mass is 10.4. The van der Waals surface area contributed by atoms with Crippen LogP contribution in [0.5, 0.6) is 0 Å². The standard InChI is InChI=1S/C9H13N3S/c1-10-7-5-8(13-2)12-9(11-7)6-3-4-6/h5-6H,3-4H2,1-2H3,(H,10,11,12). The summed E-state index contributed by atoms with van der Waals surface area (Å²) >= 11 is 1.67. The van der Waals surface area contributed by atoms with Gasteiger partial charge in [0.2, 0.25) is 0 Å². The molecule has 4 heteroatoms. The Labute approximate surface area is 82.4 Å². The summed E-state index contributed by atoms with van der Waals surface area (Å²) < 4.78 is 0. The minimum absolute atomic E-state index is 0.624. The van der Waals surface area contributed by atoms with E-state index in [1.54, 1.807) is 11.8 Å². The van der Waals surface area contributed by atoms with E-state index in [2.05, 4.69) is 15.3 Å². The lowest BCUT2D eigenvalue weighted by Gasteiger charge is -2.04. The zero-order valence-electron chi connectivity index (χ0n) is 7.87. The highest BCUT2D eigenvalue weighted by Crippen LogP contribution is 2.38. The lowest BCUT2D eigenvalue weighted by molar-refractivity contribution is 0.881. The maximum Gasteiger partial charge on any atom is 0.135 e. The van der Waals surface area contributed by atoms with Crippen LogP contribution in [0, 0.1) is 0 Å². The molecule has 1 N–H and O–H groups in total. The van der Waals surface area contributed by atoms with Gasteiger partial charge in [-0.05, 0) is 19.1 Å². The van der Waals surface area contributed by atoms with Crippen LogP contribution in [0.1, 0.15) is 24.6 Å². The fraction of sp³-hybridized carbons (Fsp3) is 0.556. The Kier molecular flexibility index (Phi) is 2.40. The van der Waals surface area contributed by atoms with Crippen molar-refractivity contribution in [2.75, 3.05) is 18.6 Å². The van der Waals surface area contributed by atoms with Crippen LogP contribution >= 0.6 is 11.8 Å². The molecule has 13 heavy (non-hydrogen) atoms. The van der Waals surface area contributed by atoms with Gasteiger partial charge in [0.1, 0.15) is 16.7 Å². The second kappa shape index (κ2) is 3.54. The largest absolute Gasteiger partial charge is 0.373 e. The predicted molar refractivity (Wildman–Crippen MR) is 55.3 cm³/mol. The van der Waals surface area contributed by atoms with E-state index in [1.165, 1.54) is 12.8 Å². The van der Waals surface area contributed by atoms with E-state index in [0.29, 0.717) is 5.92 Å². The molecule has 1 aromatic rings. The van der Waals surface area contributed by atoms with Crippen LogP contribution in [-0.2, 0) is 0 Å². The van der Waals surface area contributed by atoms with Crippen LogP contribution in [0.2, 0.25) is 0 Å². The molecule has 0 unspecified atom stereocenters. The molecule has 0 atom stereocenters. The Morgan fingerprint density at radius 3 is 2.77 bits per heavy atom. The van der Waals surface area contributed by atoms with Crippen molar-refractivity contribution in [3.05, 3.63) is 11.9 Å². The summed E-state index contributed by atoms with van der Waals surface area (Å²) in [7, 11) is 1.89. The molecule has 1 aliphatic rings. The number of hydrogen-bond donors (Lipinski definition) is 1. The smallest absolute Gasteiger partial charge is 0.135 e. The molecule has 2 rings (SSSR count). The molecule has 1 aliphatic carbocycles. The molecular weight excluding hydrogens is 182 g/mol. The van der Waals surface area contributed by atoms with Gasteiger partial charge in [-0.1, -0.05) is 0 Å². The Balaban J connectivity index is 2.33. The summed E-state index contributed by atoms with van der Waals surface area (Å²) in [6.45, 7) is 0. The Morgan fingerprint density at radius 2 is 2.23 bits per heavy atom. The third kappa shape index (κ3) is 1.94. The average molecular weight is 195 g/mol. The summed E-state index contributed by atoms with van der Waals surface area (Å²) in [6, 6.07) is 1.98. The predicted octanol–water partition coefficient (Wildman–Crippen LogP) is 2.12. The van der Waals surface area contributed by atoms with Gasteiger partial charge in [-0.2, -0.15) is 0 Å². The maximum atomic E-state index is 4.47. The molecule has 0 aromatic carbocycles.